The minimum absolute atomic E-state index is 0.904. The van der Waals surface area contributed by atoms with Gasteiger partial charge in [0.05, 0.1) is 0 Å². The Balaban J connectivity index is 1.47. The van der Waals surface area contributed by atoms with Crippen LogP contribution in [0.1, 0.15) is 22.3 Å². The van der Waals surface area contributed by atoms with Crippen LogP contribution in [0.25, 0.3) is 32.7 Å². The van der Waals surface area contributed by atoms with Gasteiger partial charge >= 0.3 is 0 Å². The van der Waals surface area contributed by atoms with Crippen molar-refractivity contribution >= 4 is 64.1 Å². The van der Waals surface area contributed by atoms with Crippen molar-refractivity contribution < 1.29 is 4.52 Å². The molecule has 1 nitrogen and oxygen atoms in total. The third-order valence-electron chi connectivity index (χ3n) is 9.39. The van der Waals surface area contributed by atoms with Crippen LogP contribution in [0, 0.1) is 27.7 Å². The maximum Gasteiger partial charge on any atom is 0.150 e. The average molecular weight is 695 g/mol. The molecular weight excluding hydrogens is 654 g/mol. The zero-order chi connectivity index (χ0) is 34.9. The zero-order valence-corrected chi connectivity index (χ0v) is 31.3. The molecule has 0 fully saturated rings. The second-order valence-corrected chi connectivity index (χ2v) is 17.4. The Labute approximate surface area is 304 Å². The molecule has 0 N–H and O–H groups in total. The molecule has 0 spiro atoms. The molecule has 51 heavy (non-hydrogen) atoms. The van der Waals surface area contributed by atoms with Crippen LogP contribution in [0.5, 0.6) is 5.75 Å². The van der Waals surface area contributed by atoms with Gasteiger partial charge in [-0.3, -0.25) is 0 Å². The summed E-state index contributed by atoms with van der Waals surface area (Å²) in [5, 5.41) is 11.3. The second kappa shape index (κ2) is 14.3. The lowest BCUT2D eigenvalue weighted by Gasteiger charge is -2.28. The number of hydrogen-bond donors (Lipinski definition) is 0. The maximum atomic E-state index is 7.42. The predicted octanol–water partition coefficient (Wildman–Crippen LogP) is 11.1. The summed E-state index contributed by atoms with van der Waals surface area (Å²) in [4.78, 5) is 0. The van der Waals surface area contributed by atoms with Crippen molar-refractivity contribution in [1.29, 1.82) is 0 Å². The number of hydrogen-bond acceptors (Lipinski definition) is 1. The van der Waals surface area contributed by atoms with Gasteiger partial charge in [0.25, 0.3) is 0 Å². The van der Waals surface area contributed by atoms with E-state index in [1.807, 2.05) is 0 Å². The molecule has 0 bridgehead atoms. The molecule has 8 aromatic carbocycles. The third-order valence-corrected chi connectivity index (χ3v) is 13.7. The molecule has 0 saturated heterocycles. The number of aryl methyl sites for hydroxylation is 4. The summed E-state index contributed by atoms with van der Waals surface area (Å²) in [6.07, 6.45) is 0. The normalized spacial score (nSPS) is 11.5. The lowest BCUT2D eigenvalue weighted by Crippen LogP contribution is -2.24. The van der Waals surface area contributed by atoms with Gasteiger partial charge in [-0.1, -0.05) is 186 Å². The van der Waals surface area contributed by atoms with E-state index in [0.29, 0.717) is 0 Å². The van der Waals surface area contributed by atoms with Gasteiger partial charge in [0.1, 0.15) is 5.75 Å². The van der Waals surface area contributed by atoms with Crippen LogP contribution >= 0.6 is 16.1 Å². The van der Waals surface area contributed by atoms with Crippen LogP contribution in [0.15, 0.2) is 170 Å². The summed E-state index contributed by atoms with van der Waals surface area (Å²) in [5.41, 5.74) is 7.55. The van der Waals surface area contributed by atoms with E-state index in [2.05, 4.69) is 198 Å². The van der Waals surface area contributed by atoms with Crippen molar-refractivity contribution in [2.24, 2.45) is 0 Å². The monoisotopic (exact) mass is 694 g/mol. The highest BCUT2D eigenvalue weighted by molar-refractivity contribution is 7.80. The Morgan fingerprint density at radius 2 is 0.804 bits per heavy atom. The summed E-state index contributed by atoms with van der Waals surface area (Å²) in [5.74, 6) is 0.904. The highest BCUT2D eigenvalue weighted by Gasteiger charge is 2.27. The van der Waals surface area contributed by atoms with Gasteiger partial charge in [-0.05, 0) is 79.1 Å². The lowest BCUT2D eigenvalue weighted by atomic mass is 9.93. The Morgan fingerprint density at radius 1 is 0.373 bits per heavy atom. The molecular formula is C48H40OP2. The summed E-state index contributed by atoms with van der Waals surface area (Å²) >= 11 is 0. The summed E-state index contributed by atoms with van der Waals surface area (Å²) in [7, 11) is -2.11. The first-order valence-corrected chi connectivity index (χ1v) is 20.1. The number of benzene rings is 8. The molecule has 0 radical (unpaired) electrons. The molecule has 8 rings (SSSR count). The molecule has 248 valence electrons. The van der Waals surface area contributed by atoms with Crippen LogP contribution in [0.3, 0.4) is 0 Å². The minimum atomic E-state index is -1.16. The van der Waals surface area contributed by atoms with E-state index in [0.717, 1.165) is 11.3 Å². The topological polar surface area (TPSA) is 9.23 Å². The van der Waals surface area contributed by atoms with Crippen molar-refractivity contribution in [2.75, 3.05) is 0 Å². The Kier molecular flexibility index (Phi) is 9.27. The predicted molar refractivity (Wildman–Crippen MR) is 224 cm³/mol. The van der Waals surface area contributed by atoms with E-state index in [1.165, 1.54) is 75.9 Å². The fourth-order valence-electron chi connectivity index (χ4n) is 7.36. The summed E-state index contributed by atoms with van der Waals surface area (Å²) in [6, 6.07) is 62.4. The molecule has 0 aliphatic rings. The molecule has 0 heterocycles. The first-order valence-electron chi connectivity index (χ1n) is 17.5. The number of fused-ring (bicyclic) bond motifs is 2. The van der Waals surface area contributed by atoms with E-state index in [9.17, 15) is 0 Å². The molecule has 0 saturated carbocycles. The van der Waals surface area contributed by atoms with Crippen molar-refractivity contribution in [3.05, 3.63) is 192 Å². The van der Waals surface area contributed by atoms with Gasteiger partial charge in [0, 0.05) is 21.7 Å². The van der Waals surface area contributed by atoms with Gasteiger partial charge in [-0.25, -0.2) is 0 Å². The van der Waals surface area contributed by atoms with E-state index in [-0.39, 0.29) is 0 Å². The van der Waals surface area contributed by atoms with Crippen LogP contribution in [0.4, 0.5) is 0 Å². The molecule has 0 aliphatic carbocycles. The molecule has 3 heteroatoms. The zero-order valence-electron chi connectivity index (χ0n) is 29.5. The van der Waals surface area contributed by atoms with Gasteiger partial charge in [-0.15, -0.1) is 0 Å². The van der Waals surface area contributed by atoms with Crippen LogP contribution in [0.2, 0.25) is 0 Å². The SMILES string of the molecule is Cc1cc(C)cc(P(c2cc(C)cc(C)c2)c2ccc3ccccc3c2-c2c(OP(c3ccccc3)c3ccccc3)ccc3ccccc23)c1. The Hall–Kier alpha value is -5.06. The molecule has 0 amide bonds. The van der Waals surface area contributed by atoms with Gasteiger partial charge in [-0.2, -0.15) is 0 Å². The fourth-order valence-corrected chi connectivity index (χ4v) is 12.0. The smallest absolute Gasteiger partial charge is 0.150 e. The molecule has 0 aliphatic heterocycles. The van der Waals surface area contributed by atoms with E-state index < -0.39 is 16.1 Å². The highest BCUT2D eigenvalue weighted by Crippen LogP contribution is 2.49. The molecule has 8 aromatic rings. The average Bonchev–Trinajstić information content (AvgIpc) is 3.14. The first-order chi connectivity index (χ1) is 24.9. The quantitative estimate of drug-likeness (QED) is 0.144. The Bertz CT molecular complexity index is 2370. The lowest BCUT2D eigenvalue weighted by molar-refractivity contribution is 0.633. The minimum Gasteiger partial charge on any atom is -0.464 e. The molecule has 0 unspecified atom stereocenters. The summed E-state index contributed by atoms with van der Waals surface area (Å²) in [6.45, 7) is 8.88. The van der Waals surface area contributed by atoms with Crippen molar-refractivity contribution in [2.45, 2.75) is 27.7 Å². The molecule has 0 aromatic heterocycles. The van der Waals surface area contributed by atoms with Gasteiger partial charge in [0.2, 0.25) is 0 Å². The second-order valence-electron chi connectivity index (χ2n) is 13.4. The first kappa shape index (κ1) is 33.1. The van der Waals surface area contributed by atoms with E-state index in [4.69, 9.17) is 4.52 Å². The third kappa shape index (κ3) is 6.73. The summed E-state index contributed by atoms with van der Waals surface area (Å²) < 4.78 is 7.42. The van der Waals surface area contributed by atoms with Gasteiger partial charge < -0.3 is 4.52 Å². The standard InChI is InChI=1S/C48H40OP2/c1-33-27-34(2)30-41(29-33)50(42-31-35(3)28-36(4)32-42)46-26-24-38-16-12-14-22-44(38)48(46)47-43-21-13-11-15-37(43)23-25-45(47)49-51(39-17-7-5-8-18-39)40-19-9-6-10-20-40/h5-32H,1-4H3. The van der Waals surface area contributed by atoms with Crippen LogP contribution < -0.4 is 31.0 Å². The van der Waals surface area contributed by atoms with Crippen molar-refractivity contribution in [3.63, 3.8) is 0 Å². The maximum absolute atomic E-state index is 7.42. The largest absolute Gasteiger partial charge is 0.464 e. The number of rotatable bonds is 8. The van der Waals surface area contributed by atoms with Crippen LogP contribution in [-0.2, 0) is 0 Å². The highest BCUT2D eigenvalue weighted by atomic mass is 31.1. The van der Waals surface area contributed by atoms with Crippen molar-refractivity contribution in [3.8, 4) is 16.9 Å². The van der Waals surface area contributed by atoms with Crippen molar-refractivity contribution in [1.82, 2.24) is 0 Å². The Morgan fingerprint density at radius 3 is 1.31 bits per heavy atom. The molecule has 0 atom stereocenters. The van der Waals surface area contributed by atoms with E-state index in [1.54, 1.807) is 0 Å². The van der Waals surface area contributed by atoms with Crippen LogP contribution in [-0.4, -0.2) is 0 Å². The van der Waals surface area contributed by atoms with E-state index >= 15 is 0 Å². The fraction of sp³-hybridized carbons (Fsp3) is 0.0833. The van der Waals surface area contributed by atoms with Gasteiger partial charge in [0.15, 0.2) is 8.15 Å².